The molecule has 0 bridgehead atoms. The Morgan fingerprint density at radius 1 is 0.742 bits per heavy atom. The van der Waals surface area contributed by atoms with Crippen LogP contribution in [0.1, 0.15) is 39.7 Å². The van der Waals surface area contributed by atoms with Gasteiger partial charge in [0, 0.05) is 27.7 Å². The molecule has 0 radical (unpaired) electrons. The second kappa shape index (κ2) is 11.5. The van der Waals surface area contributed by atoms with E-state index in [4.69, 9.17) is 23.7 Å². The second-order valence-corrected chi connectivity index (χ2v) is 7.26. The van der Waals surface area contributed by atoms with E-state index in [0.717, 1.165) is 5.56 Å². The Hall–Kier alpha value is -2.94. The highest BCUT2D eigenvalue weighted by Crippen LogP contribution is 2.31. The van der Waals surface area contributed by atoms with Crippen molar-refractivity contribution in [1.29, 1.82) is 0 Å². The summed E-state index contributed by atoms with van der Waals surface area (Å²) in [5.74, 6) is -2.44. The lowest BCUT2D eigenvalue weighted by Crippen LogP contribution is -2.62. The zero-order valence-electron chi connectivity index (χ0n) is 18.1. The number of hydrogen-bond acceptors (Lipinski definition) is 9. The van der Waals surface area contributed by atoms with E-state index in [1.54, 1.807) is 0 Å². The molecule has 1 heterocycles. The molecule has 2 rings (SSSR count). The van der Waals surface area contributed by atoms with Crippen LogP contribution in [0.4, 0.5) is 0 Å². The van der Waals surface area contributed by atoms with Crippen LogP contribution in [-0.4, -0.2) is 61.0 Å². The van der Waals surface area contributed by atoms with E-state index in [1.807, 2.05) is 30.3 Å². The van der Waals surface area contributed by atoms with Crippen molar-refractivity contribution in [1.82, 2.24) is 0 Å². The number of ether oxygens (including phenoxy) is 5. The van der Waals surface area contributed by atoms with Crippen molar-refractivity contribution >= 4 is 23.9 Å². The molecular formula is C22H28O9. The molecule has 9 nitrogen and oxygen atoms in total. The van der Waals surface area contributed by atoms with Gasteiger partial charge in [0.2, 0.25) is 0 Å². The van der Waals surface area contributed by atoms with Crippen LogP contribution in [0.15, 0.2) is 30.3 Å². The molecule has 1 aliphatic heterocycles. The van der Waals surface area contributed by atoms with Crippen molar-refractivity contribution < 1.29 is 42.9 Å². The van der Waals surface area contributed by atoms with E-state index in [1.165, 1.54) is 27.7 Å². The van der Waals surface area contributed by atoms with E-state index < -0.39 is 54.4 Å². The number of carbonyl (C=O) groups excluding carboxylic acids is 4. The van der Waals surface area contributed by atoms with Crippen molar-refractivity contribution in [3.63, 3.8) is 0 Å². The van der Waals surface area contributed by atoms with Gasteiger partial charge in [-0.3, -0.25) is 19.2 Å². The minimum atomic E-state index is -1.13. The lowest BCUT2D eigenvalue weighted by Gasteiger charge is -2.44. The van der Waals surface area contributed by atoms with Gasteiger partial charge in [0.15, 0.2) is 18.3 Å². The van der Waals surface area contributed by atoms with Gasteiger partial charge in [-0.2, -0.15) is 0 Å². The molecular weight excluding hydrogens is 408 g/mol. The van der Waals surface area contributed by atoms with Crippen LogP contribution in [0.3, 0.4) is 0 Å². The number of benzene rings is 1. The van der Waals surface area contributed by atoms with Gasteiger partial charge in [0.25, 0.3) is 0 Å². The molecule has 0 N–H and O–H groups in total. The van der Waals surface area contributed by atoms with E-state index in [2.05, 4.69) is 0 Å². The predicted octanol–water partition coefficient (Wildman–Crippen LogP) is 1.74. The summed E-state index contributed by atoms with van der Waals surface area (Å²) in [6.45, 7) is 4.63. The molecule has 0 saturated carbocycles. The summed E-state index contributed by atoms with van der Waals surface area (Å²) < 4.78 is 27.4. The Labute approximate surface area is 180 Å². The third kappa shape index (κ3) is 7.67. The molecule has 1 fully saturated rings. The summed E-state index contributed by atoms with van der Waals surface area (Å²) in [5, 5.41) is 0. The molecule has 0 unspecified atom stereocenters. The first-order valence-electron chi connectivity index (χ1n) is 10.0. The highest BCUT2D eigenvalue weighted by atomic mass is 16.7. The topological polar surface area (TPSA) is 114 Å². The van der Waals surface area contributed by atoms with E-state index >= 15 is 0 Å². The van der Waals surface area contributed by atoms with Crippen LogP contribution in [0.2, 0.25) is 0 Å². The molecule has 1 aromatic rings. The monoisotopic (exact) mass is 436 g/mol. The minimum absolute atomic E-state index is 0.223. The number of hydrogen-bond donors (Lipinski definition) is 0. The van der Waals surface area contributed by atoms with Gasteiger partial charge in [0.1, 0.15) is 12.7 Å². The zero-order valence-corrected chi connectivity index (χ0v) is 18.1. The maximum absolute atomic E-state index is 11.8. The van der Waals surface area contributed by atoms with E-state index in [0.29, 0.717) is 12.8 Å². The summed E-state index contributed by atoms with van der Waals surface area (Å²) in [6.07, 6.45) is -3.86. The van der Waals surface area contributed by atoms with Gasteiger partial charge in [0.05, 0.1) is 6.10 Å². The summed E-state index contributed by atoms with van der Waals surface area (Å²) in [6, 6.07) is 9.61. The molecule has 0 amide bonds. The van der Waals surface area contributed by atoms with Crippen molar-refractivity contribution in [3.8, 4) is 0 Å². The van der Waals surface area contributed by atoms with Gasteiger partial charge in [-0.05, 0) is 18.4 Å². The second-order valence-electron chi connectivity index (χ2n) is 7.26. The molecule has 1 aromatic carbocycles. The lowest BCUT2D eigenvalue weighted by atomic mass is 9.91. The van der Waals surface area contributed by atoms with Crippen LogP contribution >= 0.6 is 0 Å². The standard InChI is InChI=1S/C22H28O9/c1-13(23)27-12-19-21(29-15(3)25)22(30-16(4)26)20(28-14(2)24)18(31-19)11-10-17-8-6-5-7-9-17/h5-9,18-22H,10-12H2,1-4H3/t18-,19+,20-,21+,22+/m0/s1. The Morgan fingerprint density at radius 2 is 1.26 bits per heavy atom. The number of carbonyl (C=O) groups is 4. The summed E-state index contributed by atoms with van der Waals surface area (Å²) in [7, 11) is 0. The van der Waals surface area contributed by atoms with Crippen molar-refractivity contribution in [2.75, 3.05) is 6.61 Å². The molecule has 1 aliphatic rings. The van der Waals surface area contributed by atoms with Gasteiger partial charge in [-0.25, -0.2) is 0 Å². The summed E-state index contributed by atoms with van der Waals surface area (Å²) in [5.41, 5.74) is 1.04. The number of aryl methyl sites for hydroxylation is 1. The van der Waals surface area contributed by atoms with Crippen molar-refractivity contribution in [2.45, 2.75) is 71.1 Å². The quantitative estimate of drug-likeness (QED) is 0.444. The SMILES string of the molecule is CC(=O)OC[C@H]1O[C@@H](CCc2ccccc2)[C@H](OC(C)=O)[C@@H](OC(C)=O)[C@@H]1OC(C)=O. The molecule has 0 aromatic heterocycles. The fourth-order valence-corrected chi connectivity index (χ4v) is 3.50. The highest BCUT2D eigenvalue weighted by molar-refractivity contribution is 5.68. The Bertz CT molecular complexity index is 776. The highest BCUT2D eigenvalue weighted by Gasteiger charge is 2.51. The average Bonchev–Trinajstić information content (AvgIpc) is 2.68. The van der Waals surface area contributed by atoms with Gasteiger partial charge in [-0.15, -0.1) is 0 Å². The minimum Gasteiger partial charge on any atom is -0.463 e. The summed E-state index contributed by atoms with van der Waals surface area (Å²) in [4.78, 5) is 46.6. The first-order chi connectivity index (χ1) is 14.7. The molecule has 170 valence electrons. The molecule has 9 heteroatoms. The lowest BCUT2D eigenvalue weighted by molar-refractivity contribution is -0.253. The molecule has 1 saturated heterocycles. The molecule has 0 spiro atoms. The van der Waals surface area contributed by atoms with Gasteiger partial charge in [-0.1, -0.05) is 30.3 Å². The van der Waals surface area contributed by atoms with Crippen LogP contribution < -0.4 is 0 Å². The fraction of sp³-hybridized carbons (Fsp3) is 0.545. The predicted molar refractivity (Wildman–Crippen MR) is 107 cm³/mol. The van der Waals surface area contributed by atoms with Crippen LogP contribution in [-0.2, 0) is 49.3 Å². The Kier molecular flexibility index (Phi) is 8.99. The van der Waals surface area contributed by atoms with Crippen LogP contribution in [0, 0.1) is 0 Å². The first-order valence-corrected chi connectivity index (χ1v) is 10.0. The zero-order chi connectivity index (χ0) is 23.0. The van der Waals surface area contributed by atoms with E-state index in [9.17, 15) is 19.2 Å². The third-order valence-electron chi connectivity index (χ3n) is 4.65. The number of esters is 4. The molecule has 5 atom stereocenters. The van der Waals surface area contributed by atoms with Crippen molar-refractivity contribution in [3.05, 3.63) is 35.9 Å². The van der Waals surface area contributed by atoms with Gasteiger partial charge >= 0.3 is 23.9 Å². The smallest absolute Gasteiger partial charge is 0.303 e. The Balaban J connectivity index is 2.35. The van der Waals surface area contributed by atoms with Gasteiger partial charge < -0.3 is 23.7 Å². The average molecular weight is 436 g/mol. The normalized spacial score (nSPS) is 25.2. The van der Waals surface area contributed by atoms with Crippen LogP contribution in [0.5, 0.6) is 0 Å². The fourth-order valence-electron chi connectivity index (χ4n) is 3.50. The number of rotatable bonds is 8. The maximum atomic E-state index is 11.8. The van der Waals surface area contributed by atoms with Crippen molar-refractivity contribution in [2.24, 2.45) is 0 Å². The third-order valence-corrected chi connectivity index (χ3v) is 4.65. The summed E-state index contributed by atoms with van der Waals surface area (Å²) >= 11 is 0. The Morgan fingerprint density at radius 3 is 1.77 bits per heavy atom. The largest absolute Gasteiger partial charge is 0.463 e. The van der Waals surface area contributed by atoms with E-state index in [-0.39, 0.29) is 6.61 Å². The molecule has 0 aliphatic carbocycles. The maximum Gasteiger partial charge on any atom is 0.303 e. The van der Waals surface area contributed by atoms with Crippen LogP contribution in [0.25, 0.3) is 0 Å². The molecule has 31 heavy (non-hydrogen) atoms. The first kappa shape index (κ1) is 24.3.